The number of ether oxygens (including phenoxy) is 1. The van der Waals surface area contributed by atoms with Crippen molar-refractivity contribution in [3.63, 3.8) is 0 Å². The zero-order valence-corrected chi connectivity index (χ0v) is 11.8. The number of aromatic nitrogens is 2. The quantitative estimate of drug-likeness (QED) is 0.672. The number of nitrogens with one attached hydrogen (secondary N) is 1. The molecule has 1 aromatic heterocycles. The van der Waals surface area contributed by atoms with Crippen molar-refractivity contribution in [3.05, 3.63) is 46.0 Å². The van der Waals surface area contributed by atoms with E-state index in [2.05, 4.69) is 5.10 Å². The van der Waals surface area contributed by atoms with Crippen molar-refractivity contribution in [2.75, 3.05) is 0 Å². The fraction of sp³-hybridized carbons (Fsp3) is 0.231. The van der Waals surface area contributed by atoms with Crippen LogP contribution in [0.1, 0.15) is 16.8 Å². The molecule has 2 rings (SSSR count). The number of hydrogen-bond donors (Lipinski definition) is 2. The van der Waals surface area contributed by atoms with Crippen LogP contribution in [-0.4, -0.2) is 15.6 Å². The largest absolute Gasteiger partial charge is 0.486 e. The van der Waals surface area contributed by atoms with Gasteiger partial charge in [0.2, 0.25) is 0 Å². The van der Waals surface area contributed by atoms with E-state index in [1.165, 1.54) is 16.8 Å². The van der Waals surface area contributed by atoms with Crippen molar-refractivity contribution in [1.29, 1.82) is 5.41 Å². The van der Waals surface area contributed by atoms with E-state index in [9.17, 15) is 4.39 Å². The van der Waals surface area contributed by atoms with Crippen LogP contribution in [0.2, 0.25) is 5.15 Å². The molecule has 0 fully saturated rings. The Kier molecular flexibility index (Phi) is 3.94. The van der Waals surface area contributed by atoms with Gasteiger partial charge in [0.25, 0.3) is 0 Å². The SMILES string of the molecule is Cc1nn(C)c(Cl)c1COc1ccc(C(=N)N)cc1F. The molecule has 0 radical (unpaired) electrons. The number of nitrogens with zero attached hydrogens (tertiary/aromatic N) is 2. The first kappa shape index (κ1) is 14.3. The molecule has 20 heavy (non-hydrogen) atoms. The summed E-state index contributed by atoms with van der Waals surface area (Å²) in [4.78, 5) is 0. The molecule has 0 atom stereocenters. The van der Waals surface area contributed by atoms with Gasteiger partial charge in [0, 0.05) is 18.2 Å². The van der Waals surface area contributed by atoms with E-state index < -0.39 is 5.82 Å². The van der Waals surface area contributed by atoms with Crippen molar-refractivity contribution in [3.8, 4) is 5.75 Å². The summed E-state index contributed by atoms with van der Waals surface area (Å²) in [7, 11) is 1.72. The number of benzene rings is 1. The number of halogens is 2. The maximum Gasteiger partial charge on any atom is 0.165 e. The fourth-order valence-electron chi connectivity index (χ4n) is 1.77. The van der Waals surface area contributed by atoms with Gasteiger partial charge in [-0.2, -0.15) is 5.10 Å². The molecule has 2 aromatic rings. The van der Waals surface area contributed by atoms with E-state index in [-0.39, 0.29) is 18.2 Å². The van der Waals surface area contributed by atoms with Gasteiger partial charge >= 0.3 is 0 Å². The summed E-state index contributed by atoms with van der Waals surface area (Å²) in [5.41, 5.74) is 7.04. The third-order valence-electron chi connectivity index (χ3n) is 2.88. The molecule has 106 valence electrons. The first-order valence-corrected chi connectivity index (χ1v) is 6.22. The number of nitrogen functional groups attached to an aromatic ring is 1. The Bertz CT molecular complexity index is 669. The van der Waals surface area contributed by atoms with Crippen LogP contribution in [-0.2, 0) is 13.7 Å². The Morgan fingerprint density at radius 1 is 1.55 bits per heavy atom. The third kappa shape index (κ3) is 2.75. The van der Waals surface area contributed by atoms with E-state index >= 15 is 0 Å². The van der Waals surface area contributed by atoms with Crippen LogP contribution in [0.15, 0.2) is 18.2 Å². The van der Waals surface area contributed by atoms with Gasteiger partial charge in [-0.15, -0.1) is 0 Å². The molecule has 0 unspecified atom stereocenters. The second-order valence-electron chi connectivity index (χ2n) is 4.33. The highest BCUT2D eigenvalue weighted by Gasteiger charge is 2.13. The first-order chi connectivity index (χ1) is 9.40. The van der Waals surface area contributed by atoms with Gasteiger partial charge in [0.1, 0.15) is 17.6 Å². The highest BCUT2D eigenvalue weighted by atomic mass is 35.5. The minimum Gasteiger partial charge on any atom is -0.486 e. The lowest BCUT2D eigenvalue weighted by Gasteiger charge is -2.08. The van der Waals surface area contributed by atoms with E-state index in [0.717, 1.165) is 11.8 Å². The normalized spacial score (nSPS) is 10.6. The standard InChI is InChI=1S/C13H14ClFN4O/c1-7-9(12(14)19(2)18-7)6-20-11-4-3-8(13(16)17)5-10(11)15/h3-5H,6H2,1-2H3,(H3,16,17). The predicted molar refractivity (Wildman–Crippen MR) is 74.7 cm³/mol. The first-order valence-electron chi connectivity index (χ1n) is 5.85. The summed E-state index contributed by atoms with van der Waals surface area (Å²) < 4.78 is 20.7. The van der Waals surface area contributed by atoms with Crippen molar-refractivity contribution in [1.82, 2.24) is 9.78 Å². The van der Waals surface area contributed by atoms with Crippen LogP contribution in [0.3, 0.4) is 0 Å². The Morgan fingerprint density at radius 3 is 2.75 bits per heavy atom. The van der Waals surface area contributed by atoms with Gasteiger partial charge in [-0.1, -0.05) is 11.6 Å². The van der Waals surface area contributed by atoms with Crippen LogP contribution in [0.4, 0.5) is 4.39 Å². The lowest BCUT2D eigenvalue weighted by molar-refractivity contribution is 0.289. The lowest BCUT2D eigenvalue weighted by atomic mass is 10.2. The Morgan fingerprint density at radius 2 is 2.25 bits per heavy atom. The molecule has 7 heteroatoms. The van der Waals surface area contributed by atoms with Crippen LogP contribution in [0.5, 0.6) is 5.75 Å². The Labute approximate surface area is 120 Å². The second-order valence-corrected chi connectivity index (χ2v) is 4.68. The van der Waals surface area contributed by atoms with E-state index in [0.29, 0.717) is 16.3 Å². The van der Waals surface area contributed by atoms with Crippen LogP contribution in [0, 0.1) is 18.2 Å². The maximum atomic E-state index is 13.8. The smallest absolute Gasteiger partial charge is 0.165 e. The van der Waals surface area contributed by atoms with Crippen LogP contribution in [0.25, 0.3) is 0 Å². The molecule has 0 aliphatic carbocycles. The maximum absolute atomic E-state index is 13.8. The summed E-state index contributed by atoms with van der Waals surface area (Å²) in [6.45, 7) is 1.93. The minimum absolute atomic E-state index is 0.0781. The molecular formula is C13H14ClFN4O. The van der Waals surface area contributed by atoms with Crippen LogP contribution < -0.4 is 10.5 Å². The molecular weight excluding hydrogens is 283 g/mol. The molecule has 0 amide bonds. The van der Waals surface area contributed by atoms with E-state index in [1.54, 1.807) is 14.0 Å². The number of rotatable bonds is 4. The topological polar surface area (TPSA) is 76.9 Å². The van der Waals surface area contributed by atoms with Crippen LogP contribution >= 0.6 is 11.6 Å². The molecule has 0 spiro atoms. The summed E-state index contributed by atoms with van der Waals surface area (Å²) >= 11 is 6.07. The molecule has 0 bridgehead atoms. The van der Waals surface area contributed by atoms with Gasteiger partial charge in [-0.3, -0.25) is 10.1 Å². The van der Waals surface area contributed by atoms with Gasteiger partial charge in [-0.05, 0) is 25.1 Å². The highest BCUT2D eigenvalue weighted by Crippen LogP contribution is 2.23. The molecule has 1 aromatic carbocycles. The monoisotopic (exact) mass is 296 g/mol. The summed E-state index contributed by atoms with van der Waals surface area (Å²) in [6.07, 6.45) is 0. The summed E-state index contributed by atoms with van der Waals surface area (Å²) in [6, 6.07) is 4.12. The van der Waals surface area contributed by atoms with Gasteiger partial charge in [-0.25, -0.2) is 4.39 Å². The number of nitrogens with two attached hydrogens (primary N) is 1. The number of hydrogen-bond acceptors (Lipinski definition) is 3. The zero-order valence-electron chi connectivity index (χ0n) is 11.1. The van der Waals surface area contributed by atoms with Crippen molar-refractivity contribution >= 4 is 17.4 Å². The van der Waals surface area contributed by atoms with Crippen molar-refractivity contribution < 1.29 is 9.13 Å². The number of aryl methyl sites for hydroxylation is 2. The Hall–Kier alpha value is -2.08. The highest BCUT2D eigenvalue weighted by molar-refractivity contribution is 6.30. The molecule has 0 saturated carbocycles. The summed E-state index contributed by atoms with van der Waals surface area (Å²) in [5, 5.41) is 11.9. The van der Waals surface area contributed by atoms with Gasteiger partial charge in [0.15, 0.2) is 11.6 Å². The van der Waals surface area contributed by atoms with E-state index in [4.69, 9.17) is 27.5 Å². The average molecular weight is 297 g/mol. The zero-order chi connectivity index (χ0) is 14.9. The van der Waals surface area contributed by atoms with Gasteiger partial charge in [0.05, 0.1) is 5.69 Å². The lowest BCUT2D eigenvalue weighted by Crippen LogP contribution is -2.11. The molecule has 0 aliphatic heterocycles. The minimum atomic E-state index is -0.574. The predicted octanol–water partition coefficient (Wildman–Crippen LogP) is 2.38. The molecule has 5 nitrogen and oxygen atoms in total. The third-order valence-corrected chi connectivity index (χ3v) is 3.36. The van der Waals surface area contributed by atoms with E-state index in [1.807, 2.05) is 0 Å². The molecule has 3 N–H and O–H groups in total. The van der Waals surface area contributed by atoms with Crippen molar-refractivity contribution in [2.45, 2.75) is 13.5 Å². The molecule has 1 heterocycles. The van der Waals surface area contributed by atoms with Gasteiger partial charge < -0.3 is 10.5 Å². The molecule has 0 saturated heterocycles. The summed E-state index contributed by atoms with van der Waals surface area (Å²) in [5.74, 6) is -0.689. The Balaban J connectivity index is 2.17. The fourth-order valence-corrected chi connectivity index (χ4v) is 2.00. The van der Waals surface area contributed by atoms with Crippen molar-refractivity contribution in [2.24, 2.45) is 12.8 Å². The average Bonchev–Trinajstić information content (AvgIpc) is 2.62. The second kappa shape index (κ2) is 5.50. The number of amidine groups is 1. The molecule has 0 aliphatic rings.